The lowest BCUT2D eigenvalue weighted by Crippen LogP contribution is -2.27. The van der Waals surface area contributed by atoms with E-state index in [4.69, 9.17) is 0 Å². The van der Waals surface area contributed by atoms with Crippen LogP contribution in [-0.2, 0) is 0 Å². The van der Waals surface area contributed by atoms with Crippen LogP contribution in [0.2, 0.25) is 0 Å². The first kappa shape index (κ1) is 14.3. The smallest absolute Gasteiger partial charge is 0.0426 e. The first-order chi connectivity index (χ1) is 9.08. The summed E-state index contributed by atoms with van der Waals surface area (Å²) in [5.74, 6) is 0.798. The summed E-state index contributed by atoms with van der Waals surface area (Å²) >= 11 is 0. The topological polar surface area (TPSA) is 24.9 Å². The fourth-order valence-electron chi connectivity index (χ4n) is 3.18. The van der Waals surface area contributed by atoms with Crippen molar-refractivity contribution in [2.24, 2.45) is 5.92 Å². The minimum Gasteiger partial charge on any atom is -0.310 e. The molecule has 1 heterocycles. The molecular weight excluding hydrogens is 232 g/mol. The summed E-state index contributed by atoms with van der Waals surface area (Å²) in [7, 11) is 0. The van der Waals surface area contributed by atoms with E-state index in [1.165, 1.54) is 36.1 Å². The Hall–Kier alpha value is -1.15. The van der Waals surface area contributed by atoms with Gasteiger partial charge in [-0.1, -0.05) is 12.2 Å². The summed E-state index contributed by atoms with van der Waals surface area (Å²) in [6.07, 6.45) is 8.41. The number of aromatic nitrogens is 1. The van der Waals surface area contributed by atoms with Crippen LogP contribution >= 0.6 is 0 Å². The number of hydrogen-bond donors (Lipinski definition) is 1. The highest BCUT2D eigenvalue weighted by Gasteiger charge is 2.15. The van der Waals surface area contributed by atoms with E-state index in [1.54, 1.807) is 0 Å². The highest BCUT2D eigenvalue weighted by atomic mass is 14.9. The van der Waals surface area contributed by atoms with E-state index in [-0.39, 0.29) is 0 Å². The lowest BCUT2D eigenvalue weighted by Gasteiger charge is -2.23. The lowest BCUT2D eigenvalue weighted by molar-refractivity contribution is 0.414. The molecule has 0 radical (unpaired) electrons. The van der Waals surface area contributed by atoms with Crippen LogP contribution < -0.4 is 5.32 Å². The third kappa shape index (κ3) is 3.66. The zero-order chi connectivity index (χ0) is 13.8. The molecule has 19 heavy (non-hydrogen) atoms. The molecule has 0 saturated carbocycles. The van der Waals surface area contributed by atoms with E-state index >= 15 is 0 Å². The second kappa shape index (κ2) is 6.33. The number of allylic oxidation sites excluding steroid dienone is 2. The van der Waals surface area contributed by atoms with Crippen LogP contribution in [0.15, 0.2) is 18.2 Å². The van der Waals surface area contributed by atoms with Crippen LogP contribution in [0, 0.1) is 26.7 Å². The number of rotatable bonds is 4. The molecule has 1 aromatic rings. The maximum absolute atomic E-state index is 4.60. The Morgan fingerprint density at radius 1 is 1.32 bits per heavy atom. The minimum absolute atomic E-state index is 0.388. The third-order valence-corrected chi connectivity index (χ3v) is 4.11. The summed E-state index contributed by atoms with van der Waals surface area (Å²) in [6, 6.07) is 2.57. The second-order valence-electron chi connectivity index (χ2n) is 5.86. The van der Waals surface area contributed by atoms with E-state index < -0.39 is 0 Å². The zero-order valence-corrected chi connectivity index (χ0v) is 12.7. The van der Waals surface area contributed by atoms with Gasteiger partial charge in [0.1, 0.15) is 0 Å². The number of hydrogen-bond acceptors (Lipinski definition) is 2. The highest BCUT2D eigenvalue weighted by Crippen LogP contribution is 2.23. The number of aryl methyl sites for hydroxylation is 3. The molecule has 0 bridgehead atoms. The second-order valence-corrected chi connectivity index (χ2v) is 5.86. The number of pyridine rings is 1. The first-order valence-electron chi connectivity index (χ1n) is 7.41. The first-order valence-corrected chi connectivity index (χ1v) is 7.41. The Balaban J connectivity index is 1.99. The van der Waals surface area contributed by atoms with Crippen LogP contribution in [0.4, 0.5) is 0 Å². The molecule has 2 nitrogen and oxygen atoms in total. The van der Waals surface area contributed by atoms with Gasteiger partial charge in [0.2, 0.25) is 0 Å². The fraction of sp³-hybridized carbons (Fsp3) is 0.588. The van der Waals surface area contributed by atoms with Gasteiger partial charge in [0, 0.05) is 17.4 Å². The van der Waals surface area contributed by atoms with Crippen molar-refractivity contribution in [1.82, 2.24) is 10.3 Å². The van der Waals surface area contributed by atoms with E-state index in [9.17, 15) is 0 Å². The number of nitrogens with zero attached hydrogens (tertiary/aromatic N) is 1. The Morgan fingerprint density at radius 2 is 2.11 bits per heavy atom. The SMILES string of the molecule is Cc1cc(C)c(C(C)NCC2CC=CCC2)c(C)n1. The predicted octanol–water partition coefficient (Wildman–Crippen LogP) is 4.01. The van der Waals surface area contributed by atoms with Crippen LogP contribution in [0.1, 0.15) is 54.7 Å². The molecule has 2 rings (SSSR count). The molecular formula is C17H26N2. The van der Waals surface area contributed by atoms with Crippen molar-refractivity contribution in [2.75, 3.05) is 6.54 Å². The van der Waals surface area contributed by atoms with Gasteiger partial charge in [-0.2, -0.15) is 0 Å². The van der Waals surface area contributed by atoms with Crippen molar-refractivity contribution in [2.45, 2.75) is 53.0 Å². The molecule has 2 unspecified atom stereocenters. The van der Waals surface area contributed by atoms with Gasteiger partial charge in [0.25, 0.3) is 0 Å². The summed E-state index contributed by atoms with van der Waals surface area (Å²) < 4.78 is 0. The van der Waals surface area contributed by atoms with Crippen molar-refractivity contribution in [3.63, 3.8) is 0 Å². The molecule has 0 saturated heterocycles. The molecule has 104 valence electrons. The van der Waals surface area contributed by atoms with E-state index in [0.29, 0.717) is 6.04 Å². The average Bonchev–Trinajstić information content (AvgIpc) is 2.36. The van der Waals surface area contributed by atoms with Crippen molar-refractivity contribution in [3.05, 3.63) is 40.7 Å². The van der Waals surface area contributed by atoms with Crippen molar-refractivity contribution in [3.8, 4) is 0 Å². The Kier molecular flexibility index (Phi) is 4.76. The Bertz CT molecular complexity index is 439. The molecule has 0 spiro atoms. The van der Waals surface area contributed by atoms with E-state index in [1.807, 2.05) is 0 Å². The molecule has 0 aromatic carbocycles. The fourth-order valence-corrected chi connectivity index (χ4v) is 3.18. The minimum atomic E-state index is 0.388. The molecule has 0 aliphatic heterocycles. The summed E-state index contributed by atoms with van der Waals surface area (Å²) in [5, 5.41) is 3.70. The van der Waals surface area contributed by atoms with Crippen LogP contribution in [0.25, 0.3) is 0 Å². The summed E-state index contributed by atoms with van der Waals surface area (Å²) in [5.41, 5.74) is 5.01. The molecule has 2 atom stereocenters. The normalized spacial score (nSPS) is 20.5. The van der Waals surface area contributed by atoms with Gasteiger partial charge in [-0.15, -0.1) is 0 Å². The van der Waals surface area contributed by atoms with E-state index in [0.717, 1.165) is 18.2 Å². The van der Waals surface area contributed by atoms with Gasteiger partial charge in [0.15, 0.2) is 0 Å². The quantitative estimate of drug-likeness (QED) is 0.825. The van der Waals surface area contributed by atoms with Gasteiger partial charge in [0.05, 0.1) is 0 Å². The third-order valence-electron chi connectivity index (χ3n) is 4.11. The van der Waals surface area contributed by atoms with Gasteiger partial charge in [-0.3, -0.25) is 4.98 Å². The van der Waals surface area contributed by atoms with Gasteiger partial charge >= 0.3 is 0 Å². The van der Waals surface area contributed by atoms with E-state index in [2.05, 4.69) is 56.2 Å². The predicted molar refractivity (Wildman–Crippen MR) is 81.3 cm³/mol. The molecule has 2 heteroatoms. The molecule has 0 amide bonds. The van der Waals surface area contributed by atoms with Gasteiger partial charge in [-0.05, 0) is 76.6 Å². The average molecular weight is 258 g/mol. The summed E-state index contributed by atoms with van der Waals surface area (Å²) in [4.78, 5) is 4.60. The maximum atomic E-state index is 4.60. The van der Waals surface area contributed by atoms with Crippen LogP contribution in [0.5, 0.6) is 0 Å². The largest absolute Gasteiger partial charge is 0.310 e. The summed E-state index contributed by atoms with van der Waals surface area (Å²) in [6.45, 7) is 9.74. The Labute approximate surface area is 117 Å². The van der Waals surface area contributed by atoms with Crippen molar-refractivity contribution < 1.29 is 0 Å². The zero-order valence-electron chi connectivity index (χ0n) is 12.7. The number of nitrogens with one attached hydrogen (secondary N) is 1. The van der Waals surface area contributed by atoms with Crippen molar-refractivity contribution in [1.29, 1.82) is 0 Å². The van der Waals surface area contributed by atoms with Crippen LogP contribution in [0.3, 0.4) is 0 Å². The molecule has 0 fully saturated rings. The molecule has 1 N–H and O–H groups in total. The van der Waals surface area contributed by atoms with Gasteiger partial charge in [-0.25, -0.2) is 0 Å². The van der Waals surface area contributed by atoms with Gasteiger partial charge < -0.3 is 5.32 Å². The molecule has 1 aliphatic carbocycles. The lowest BCUT2D eigenvalue weighted by atomic mass is 9.93. The van der Waals surface area contributed by atoms with Crippen LogP contribution in [-0.4, -0.2) is 11.5 Å². The maximum Gasteiger partial charge on any atom is 0.0426 e. The monoisotopic (exact) mass is 258 g/mol. The standard InChI is InChI=1S/C17H26N2/c1-12-10-13(2)19-15(4)17(12)14(3)18-11-16-8-6-5-7-9-16/h5-6,10,14,16,18H,7-9,11H2,1-4H3. The molecule has 1 aromatic heterocycles. The Morgan fingerprint density at radius 3 is 2.74 bits per heavy atom. The van der Waals surface area contributed by atoms with Crippen molar-refractivity contribution >= 4 is 0 Å². The highest BCUT2D eigenvalue weighted by molar-refractivity contribution is 5.33. The molecule has 1 aliphatic rings.